The van der Waals surface area contributed by atoms with E-state index in [9.17, 15) is 17.3 Å². The molecule has 0 spiro atoms. The van der Waals surface area contributed by atoms with Crippen LogP contribution in [0.1, 0.15) is 25.7 Å². The summed E-state index contributed by atoms with van der Waals surface area (Å²) in [4.78, 5) is 0. The topological polar surface area (TPSA) is 18.5 Å². The Morgan fingerprint density at radius 3 is 1.02 bits per heavy atom. The van der Waals surface area contributed by atoms with Crippen molar-refractivity contribution in [1.82, 2.24) is 0 Å². The Morgan fingerprint density at radius 1 is 0.455 bits per heavy atom. The van der Waals surface area contributed by atoms with Crippen LogP contribution in [0.3, 0.4) is 0 Å². The molecule has 0 heterocycles. The number of rotatable bonds is 8. The molecule has 0 saturated heterocycles. The molecule has 289 valence electrons. The molecule has 0 N–H and O–H groups in total. The molecule has 0 bridgehead atoms. The van der Waals surface area contributed by atoms with Gasteiger partial charge in [-0.15, -0.1) is 0 Å². The molecular formula is C44H44BF4FeO2P2Rh+. The Balaban J connectivity index is 0.000000281. The van der Waals surface area contributed by atoms with Gasteiger partial charge in [0.25, 0.3) is 0 Å². The SMILES string of the molecule is C1=C\CC/C=C\CC/1.COc1ccccc1[P@@]([C]1[CH][CH][CH][CH]1)c1ccccc1.COc1ccccc1[P@@]([C]1[CH][CH][CH][CH]1)c1ccccc1.F[B-](F)(F)F.[Fe+2].[Rh]. The van der Waals surface area contributed by atoms with E-state index in [-0.39, 0.29) is 36.5 Å². The number of methoxy groups -OCH3 is 2. The minimum atomic E-state index is -6.00. The molecule has 2 nitrogen and oxygen atoms in total. The van der Waals surface area contributed by atoms with Gasteiger partial charge in [-0.2, -0.15) is 0 Å². The molecule has 0 aromatic heterocycles. The summed E-state index contributed by atoms with van der Waals surface area (Å²) in [5, 5.41) is 5.22. The third kappa shape index (κ3) is 17.4. The molecule has 0 unspecified atom stereocenters. The standard InChI is InChI=1S/2C18H16OP.C8H12.BF4.Fe.Rh/c2*1-19-17-13-7-8-14-18(17)20(16-11-5-6-12-16)15-9-3-2-4-10-15;1-2-4-6-8-7-5-3-1;2-1(3,4)5;;/h2*2-14H,1H3;1-2,7-8H,3-6H2;;;/q;;;-1;+2;/b;;2-1-,8-7-;;;/t2*20-;;;;/m11..../s1. The second kappa shape index (κ2) is 27.4. The van der Waals surface area contributed by atoms with Crippen LogP contribution >= 0.6 is 15.8 Å². The second-order valence-corrected chi connectivity index (χ2v) is 15.9. The number of hydrogen-bond acceptors (Lipinski definition) is 2. The first-order valence-electron chi connectivity index (χ1n) is 17.4. The van der Waals surface area contributed by atoms with E-state index >= 15 is 0 Å². The predicted molar refractivity (Wildman–Crippen MR) is 219 cm³/mol. The molecule has 2 fully saturated rings. The molecule has 2 atom stereocenters. The Kier molecular flexibility index (Phi) is 24.4. The summed E-state index contributed by atoms with van der Waals surface area (Å²) in [6, 6.07) is 37.9. The van der Waals surface area contributed by atoms with Gasteiger partial charge in [-0.25, -0.2) is 0 Å². The largest absolute Gasteiger partial charge is 2.00 e. The van der Waals surface area contributed by atoms with E-state index in [2.05, 4.69) is 161 Å². The average molecular weight is 912 g/mol. The second-order valence-electron chi connectivity index (χ2n) is 11.6. The molecule has 2 saturated carbocycles. The van der Waals surface area contributed by atoms with E-state index in [1.807, 2.05) is 24.3 Å². The van der Waals surface area contributed by atoms with Crippen molar-refractivity contribution in [2.24, 2.45) is 0 Å². The van der Waals surface area contributed by atoms with Gasteiger partial charge < -0.3 is 26.7 Å². The quantitative estimate of drug-likeness (QED) is 0.0759. The minimum Gasteiger partial charge on any atom is -0.496 e. The van der Waals surface area contributed by atoms with E-state index in [4.69, 9.17) is 9.47 Å². The summed E-state index contributed by atoms with van der Waals surface area (Å²) < 4.78 is 50.1. The number of allylic oxidation sites excluding steroid dienone is 4. The average Bonchev–Trinajstić information content (AvgIpc) is 3.89. The van der Waals surface area contributed by atoms with Crippen molar-refractivity contribution < 1.29 is 63.3 Å². The van der Waals surface area contributed by atoms with Crippen molar-refractivity contribution in [3.63, 3.8) is 0 Å². The maximum absolute atomic E-state index is 9.75. The van der Waals surface area contributed by atoms with Crippen LogP contribution in [0, 0.1) is 62.7 Å². The van der Waals surface area contributed by atoms with Gasteiger partial charge in [-0.1, -0.05) is 121 Å². The van der Waals surface area contributed by atoms with Gasteiger partial charge in [0.1, 0.15) is 11.5 Å². The van der Waals surface area contributed by atoms with Crippen LogP contribution in [-0.2, 0) is 36.5 Å². The number of halogens is 4. The van der Waals surface area contributed by atoms with E-state index in [0.29, 0.717) is 0 Å². The number of benzene rings is 4. The van der Waals surface area contributed by atoms with Crippen molar-refractivity contribution in [2.75, 3.05) is 14.2 Å². The van der Waals surface area contributed by atoms with Gasteiger partial charge in [-0.3, -0.25) is 0 Å². The molecule has 55 heavy (non-hydrogen) atoms. The van der Waals surface area contributed by atoms with Crippen molar-refractivity contribution >= 4 is 44.3 Å². The van der Waals surface area contributed by atoms with E-state index in [1.165, 1.54) is 58.2 Å². The molecule has 3 aliphatic carbocycles. The third-order valence-corrected chi connectivity index (χ3v) is 12.8. The molecule has 11 heteroatoms. The van der Waals surface area contributed by atoms with Gasteiger partial charge in [0.05, 0.1) is 14.2 Å². The van der Waals surface area contributed by atoms with Gasteiger partial charge >= 0.3 is 24.3 Å². The molecule has 7 rings (SSSR count). The number of ether oxygens (including phenoxy) is 2. The van der Waals surface area contributed by atoms with Crippen LogP contribution < -0.4 is 30.7 Å². The van der Waals surface area contributed by atoms with Crippen LogP contribution in [0.5, 0.6) is 11.5 Å². The maximum Gasteiger partial charge on any atom is 2.00 e. The maximum atomic E-state index is 9.75. The zero-order valence-electron chi connectivity index (χ0n) is 30.6. The summed E-state index contributed by atoms with van der Waals surface area (Å²) in [5.41, 5.74) is 2.71. The third-order valence-electron chi connectivity index (χ3n) is 7.82. The summed E-state index contributed by atoms with van der Waals surface area (Å²) >= 11 is 0. The first-order chi connectivity index (χ1) is 25.8. The first-order valence-corrected chi connectivity index (χ1v) is 20.1. The van der Waals surface area contributed by atoms with Gasteiger partial charge in [0.2, 0.25) is 0 Å². The van der Waals surface area contributed by atoms with Crippen molar-refractivity contribution in [1.29, 1.82) is 0 Å². The van der Waals surface area contributed by atoms with Crippen molar-refractivity contribution in [2.45, 2.75) is 25.7 Å². The Hall–Kier alpha value is -2.25. The van der Waals surface area contributed by atoms with Crippen LogP contribution in [0.25, 0.3) is 0 Å². The normalized spacial score (nSPS) is 17.6. The van der Waals surface area contributed by atoms with Crippen molar-refractivity contribution in [3.8, 4) is 11.5 Å². The smallest absolute Gasteiger partial charge is 0.496 e. The van der Waals surface area contributed by atoms with E-state index in [1.54, 1.807) is 14.2 Å². The summed E-state index contributed by atoms with van der Waals surface area (Å²) in [5.74, 6) is 1.92. The van der Waals surface area contributed by atoms with Gasteiger partial charge in [0, 0.05) is 41.4 Å². The van der Waals surface area contributed by atoms with Crippen LogP contribution in [-0.4, -0.2) is 21.5 Å². The fraction of sp³-hybridized carbons (Fsp3) is 0.136. The fourth-order valence-corrected chi connectivity index (χ4v) is 10.4. The molecule has 11 radical (unpaired) electrons. The Labute approximate surface area is 353 Å². The molecule has 0 aliphatic heterocycles. The number of para-hydroxylation sites is 2. The van der Waals surface area contributed by atoms with Crippen LogP contribution in [0.2, 0.25) is 0 Å². The van der Waals surface area contributed by atoms with E-state index in [0.717, 1.165) is 11.5 Å². The van der Waals surface area contributed by atoms with Crippen LogP contribution in [0.4, 0.5) is 17.3 Å². The summed E-state index contributed by atoms with van der Waals surface area (Å²) in [6.07, 6.45) is 31.2. The molecule has 0 amide bonds. The zero-order chi connectivity index (χ0) is 37.7. The summed E-state index contributed by atoms with van der Waals surface area (Å²) in [6.45, 7) is 0. The van der Waals surface area contributed by atoms with Crippen molar-refractivity contribution in [3.05, 3.63) is 196 Å². The Bertz CT molecular complexity index is 1520. The molecule has 4 aromatic carbocycles. The van der Waals surface area contributed by atoms with Gasteiger partial charge in [-0.05, 0) is 116 Å². The molecular weight excluding hydrogens is 868 g/mol. The first kappa shape index (κ1) is 48.9. The molecule has 4 aromatic rings. The zero-order valence-corrected chi connectivity index (χ0v) is 35.2. The van der Waals surface area contributed by atoms with Crippen LogP contribution in [0.15, 0.2) is 133 Å². The Morgan fingerprint density at radius 2 is 0.727 bits per heavy atom. The molecule has 3 aliphatic rings. The number of hydrogen-bond donors (Lipinski definition) is 0. The van der Waals surface area contributed by atoms with Gasteiger partial charge in [0.15, 0.2) is 0 Å². The van der Waals surface area contributed by atoms with E-state index < -0.39 is 23.1 Å². The monoisotopic (exact) mass is 912 g/mol. The fourth-order valence-electron chi connectivity index (χ4n) is 5.52. The minimum absolute atomic E-state index is 0. The predicted octanol–water partition coefficient (Wildman–Crippen LogP) is 10.9. The summed E-state index contributed by atoms with van der Waals surface area (Å²) in [7, 11) is -3.64.